The van der Waals surface area contributed by atoms with E-state index < -0.39 is 5.60 Å². The quantitative estimate of drug-likeness (QED) is 0.346. The summed E-state index contributed by atoms with van der Waals surface area (Å²) in [6.45, 7) is 8.09. The van der Waals surface area contributed by atoms with Crippen LogP contribution in [0, 0.1) is 0 Å². The molecule has 0 amide bonds. The van der Waals surface area contributed by atoms with Crippen molar-refractivity contribution in [3.05, 3.63) is 65.7 Å². The largest absolute Gasteiger partial charge is 0.494 e. The predicted molar refractivity (Wildman–Crippen MR) is 134 cm³/mol. The minimum Gasteiger partial charge on any atom is -0.494 e. The second-order valence-corrected chi connectivity index (χ2v) is 9.37. The molecule has 0 aromatic heterocycles. The number of nitrogens with zero attached hydrogens (tertiary/aromatic N) is 1. The normalized spacial score (nSPS) is 17.6. The third-order valence-corrected chi connectivity index (χ3v) is 6.99. The maximum Gasteiger partial charge on any atom is 0.119 e. The predicted octanol–water partition coefficient (Wildman–Crippen LogP) is 6.90. The van der Waals surface area contributed by atoms with Gasteiger partial charge in [0.2, 0.25) is 0 Å². The van der Waals surface area contributed by atoms with Gasteiger partial charge in [0.15, 0.2) is 0 Å². The SMILES string of the molecule is CCCCCCCC(O)(c1ccc(OCC)cc1)C(CN1CCCCC1)c1ccccc1. The van der Waals surface area contributed by atoms with Crippen LogP contribution in [0.2, 0.25) is 0 Å². The molecule has 2 aromatic carbocycles. The van der Waals surface area contributed by atoms with Gasteiger partial charge in [0.25, 0.3) is 0 Å². The van der Waals surface area contributed by atoms with Crippen LogP contribution in [0.4, 0.5) is 0 Å². The average Bonchev–Trinajstić information content (AvgIpc) is 2.84. The van der Waals surface area contributed by atoms with Gasteiger partial charge in [0, 0.05) is 12.5 Å². The molecule has 3 rings (SSSR count). The Balaban J connectivity index is 1.91. The molecule has 2 aromatic rings. The standard InChI is InChI=1S/C29H43NO2/c1-3-5-6-7-12-21-29(31,26-17-19-27(20-18-26)32-4-2)28(25-15-10-8-11-16-25)24-30-22-13-9-14-23-30/h8,10-11,15-20,28,31H,3-7,9,12-14,21-24H2,1-2H3. The van der Waals surface area contributed by atoms with E-state index in [1.807, 2.05) is 19.1 Å². The first-order valence-electron chi connectivity index (χ1n) is 12.9. The zero-order valence-electron chi connectivity index (χ0n) is 20.3. The second-order valence-electron chi connectivity index (χ2n) is 9.37. The van der Waals surface area contributed by atoms with Crippen molar-refractivity contribution in [1.29, 1.82) is 0 Å². The number of likely N-dealkylation sites (tertiary alicyclic amines) is 1. The lowest BCUT2D eigenvalue weighted by atomic mass is 9.73. The number of hydrogen-bond acceptors (Lipinski definition) is 3. The van der Waals surface area contributed by atoms with Crippen molar-refractivity contribution in [3.8, 4) is 5.75 Å². The second kappa shape index (κ2) is 13.0. The van der Waals surface area contributed by atoms with E-state index in [1.54, 1.807) is 0 Å². The lowest BCUT2D eigenvalue weighted by molar-refractivity contribution is -0.0168. The van der Waals surface area contributed by atoms with Crippen molar-refractivity contribution in [2.24, 2.45) is 0 Å². The van der Waals surface area contributed by atoms with Gasteiger partial charge in [-0.05, 0) is 62.5 Å². The Morgan fingerprint density at radius 2 is 1.56 bits per heavy atom. The minimum absolute atomic E-state index is 0.0471. The molecule has 176 valence electrons. The molecule has 1 fully saturated rings. The van der Waals surface area contributed by atoms with E-state index in [-0.39, 0.29) is 5.92 Å². The monoisotopic (exact) mass is 437 g/mol. The third-order valence-electron chi connectivity index (χ3n) is 6.99. The van der Waals surface area contributed by atoms with E-state index >= 15 is 0 Å². The zero-order valence-corrected chi connectivity index (χ0v) is 20.3. The molecule has 1 aliphatic rings. The van der Waals surface area contributed by atoms with Gasteiger partial charge < -0.3 is 14.7 Å². The third kappa shape index (κ3) is 6.83. The highest BCUT2D eigenvalue weighted by atomic mass is 16.5. The smallest absolute Gasteiger partial charge is 0.119 e. The molecule has 2 atom stereocenters. The van der Waals surface area contributed by atoms with Gasteiger partial charge in [-0.3, -0.25) is 0 Å². The maximum absolute atomic E-state index is 12.4. The van der Waals surface area contributed by atoms with Crippen LogP contribution >= 0.6 is 0 Å². The fraction of sp³-hybridized carbons (Fsp3) is 0.586. The van der Waals surface area contributed by atoms with Crippen LogP contribution in [0.1, 0.15) is 88.7 Å². The Kier molecular flexibility index (Phi) is 10.1. The van der Waals surface area contributed by atoms with Crippen molar-refractivity contribution >= 4 is 0 Å². The number of piperidine rings is 1. The van der Waals surface area contributed by atoms with Gasteiger partial charge in [0.1, 0.15) is 5.75 Å². The summed E-state index contributed by atoms with van der Waals surface area (Å²) < 4.78 is 5.68. The first-order chi connectivity index (χ1) is 15.7. The summed E-state index contributed by atoms with van der Waals surface area (Å²) in [4.78, 5) is 2.57. The molecule has 3 heteroatoms. The van der Waals surface area contributed by atoms with Crippen LogP contribution in [0.5, 0.6) is 5.75 Å². The highest BCUT2D eigenvalue weighted by Gasteiger charge is 2.40. The minimum atomic E-state index is -0.893. The van der Waals surface area contributed by atoms with Gasteiger partial charge in [-0.2, -0.15) is 0 Å². The van der Waals surface area contributed by atoms with Crippen molar-refractivity contribution in [3.63, 3.8) is 0 Å². The summed E-state index contributed by atoms with van der Waals surface area (Å²) in [5.41, 5.74) is 1.36. The van der Waals surface area contributed by atoms with Crippen LogP contribution in [-0.4, -0.2) is 36.2 Å². The Labute approximate surface area is 195 Å². The fourth-order valence-corrected chi connectivity index (χ4v) is 5.14. The molecule has 1 heterocycles. The number of rotatable bonds is 13. The molecular formula is C29H43NO2. The van der Waals surface area contributed by atoms with Gasteiger partial charge in [0.05, 0.1) is 12.2 Å². The number of ether oxygens (including phenoxy) is 1. The van der Waals surface area contributed by atoms with Crippen molar-refractivity contribution < 1.29 is 9.84 Å². The first kappa shape index (κ1) is 24.8. The zero-order chi connectivity index (χ0) is 22.7. The van der Waals surface area contributed by atoms with Crippen molar-refractivity contribution in [1.82, 2.24) is 4.90 Å². The molecule has 32 heavy (non-hydrogen) atoms. The van der Waals surface area contributed by atoms with Crippen LogP contribution in [0.25, 0.3) is 0 Å². The number of aliphatic hydroxyl groups is 1. The van der Waals surface area contributed by atoms with Gasteiger partial charge in [-0.15, -0.1) is 0 Å². The Morgan fingerprint density at radius 3 is 2.22 bits per heavy atom. The molecule has 0 saturated carbocycles. The summed E-state index contributed by atoms with van der Waals surface area (Å²) in [6.07, 6.45) is 10.6. The topological polar surface area (TPSA) is 32.7 Å². The van der Waals surface area contributed by atoms with Gasteiger partial charge in [-0.1, -0.05) is 87.9 Å². The first-order valence-corrected chi connectivity index (χ1v) is 12.9. The average molecular weight is 438 g/mol. The summed E-state index contributed by atoms with van der Waals surface area (Å²) in [5, 5.41) is 12.4. The Morgan fingerprint density at radius 1 is 0.875 bits per heavy atom. The van der Waals surface area contributed by atoms with E-state index in [2.05, 4.69) is 54.3 Å². The van der Waals surface area contributed by atoms with E-state index in [4.69, 9.17) is 4.74 Å². The van der Waals surface area contributed by atoms with Crippen LogP contribution < -0.4 is 4.74 Å². The molecule has 1 N–H and O–H groups in total. The van der Waals surface area contributed by atoms with E-state index in [0.29, 0.717) is 6.61 Å². The van der Waals surface area contributed by atoms with E-state index in [0.717, 1.165) is 43.8 Å². The molecule has 0 aliphatic carbocycles. The van der Waals surface area contributed by atoms with Gasteiger partial charge >= 0.3 is 0 Å². The fourth-order valence-electron chi connectivity index (χ4n) is 5.14. The summed E-state index contributed by atoms with van der Waals surface area (Å²) in [7, 11) is 0. The molecule has 0 spiro atoms. The van der Waals surface area contributed by atoms with E-state index in [9.17, 15) is 5.11 Å². The molecule has 1 saturated heterocycles. The number of hydrogen-bond donors (Lipinski definition) is 1. The number of benzene rings is 2. The molecular weight excluding hydrogens is 394 g/mol. The molecule has 0 bridgehead atoms. The van der Waals surface area contributed by atoms with Crippen LogP contribution in [0.15, 0.2) is 54.6 Å². The summed E-state index contributed by atoms with van der Waals surface area (Å²) in [6, 6.07) is 18.9. The van der Waals surface area contributed by atoms with Crippen molar-refractivity contribution in [2.45, 2.75) is 83.2 Å². The van der Waals surface area contributed by atoms with Crippen LogP contribution in [-0.2, 0) is 5.60 Å². The van der Waals surface area contributed by atoms with Crippen LogP contribution in [0.3, 0.4) is 0 Å². The molecule has 1 aliphatic heterocycles. The van der Waals surface area contributed by atoms with Crippen molar-refractivity contribution in [2.75, 3.05) is 26.2 Å². The van der Waals surface area contributed by atoms with Gasteiger partial charge in [-0.25, -0.2) is 0 Å². The highest BCUT2D eigenvalue weighted by molar-refractivity contribution is 5.35. The summed E-state index contributed by atoms with van der Waals surface area (Å²) in [5.74, 6) is 0.916. The maximum atomic E-state index is 12.4. The van der Waals surface area contributed by atoms with E-state index in [1.165, 1.54) is 50.5 Å². The molecule has 0 radical (unpaired) electrons. The highest BCUT2D eigenvalue weighted by Crippen LogP contribution is 2.42. The molecule has 3 nitrogen and oxygen atoms in total. The lowest BCUT2D eigenvalue weighted by Gasteiger charge is -2.41. The number of unbranched alkanes of at least 4 members (excludes halogenated alkanes) is 4. The lowest BCUT2D eigenvalue weighted by Crippen LogP contribution is -2.42. The Hall–Kier alpha value is -1.84. The summed E-state index contributed by atoms with van der Waals surface area (Å²) >= 11 is 0. The Bertz CT molecular complexity index is 754. The molecule has 2 unspecified atom stereocenters.